The van der Waals surface area contributed by atoms with Crippen molar-refractivity contribution in [2.75, 3.05) is 0 Å². The summed E-state index contributed by atoms with van der Waals surface area (Å²) >= 11 is 1.75. The van der Waals surface area contributed by atoms with Gasteiger partial charge >= 0.3 is 0 Å². The third-order valence-electron chi connectivity index (χ3n) is 2.94. The van der Waals surface area contributed by atoms with Gasteiger partial charge < -0.3 is 0 Å². The Labute approximate surface area is 91.8 Å². The van der Waals surface area contributed by atoms with Gasteiger partial charge in [0.2, 0.25) is 0 Å². The van der Waals surface area contributed by atoms with Gasteiger partial charge in [0.05, 0.1) is 5.69 Å². The first kappa shape index (κ1) is 9.03. The van der Waals surface area contributed by atoms with E-state index in [0.29, 0.717) is 5.92 Å². The molecular formula is C10H12N4S. The second-order valence-corrected chi connectivity index (χ2v) is 4.89. The molecule has 1 aliphatic rings. The van der Waals surface area contributed by atoms with E-state index in [0.717, 1.165) is 10.8 Å². The van der Waals surface area contributed by atoms with E-state index in [4.69, 9.17) is 0 Å². The van der Waals surface area contributed by atoms with Crippen LogP contribution in [0.4, 0.5) is 0 Å². The molecule has 1 atom stereocenters. The Bertz CT molecular complexity index is 460. The van der Waals surface area contributed by atoms with Crippen molar-refractivity contribution >= 4 is 11.3 Å². The lowest BCUT2D eigenvalue weighted by Crippen LogP contribution is -1.92. The second-order valence-electron chi connectivity index (χ2n) is 3.81. The number of hydrogen-bond donors (Lipinski definition) is 1. The molecular weight excluding hydrogens is 208 g/mol. The number of nitrogens with zero attached hydrogens (tertiary/aromatic N) is 3. The molecule has 5 heteroatoms. The lowest BCUT2D eigenvalue weighted by atomic mass is 10.1. The third-order valence-corrected chi connectivity index (χ3v) is 4.08. The summed E-state index contributed by atoms with van der Waals surface area (Å²) in [5, 5.41) is 7.69. The van der Waals surface area contributed by atoms with Crippen LogP contribution in [0.15, 0.2) is 6.33 Å². The van der Waals surface area contributed by atoms with E-state index in [1.165, 1.54) is 36.2 Å². The maximum absolute atomic E-state index is 4.67. The van der Waals surface area contributed by atoms with E-state index in [-0.39, 0.29) is 0 Å². The third kappa shape index (κ3) is 1.38. The van der Waals surface area contributed by atoms with E-state index in [1.807, 2.05) is 0 Å². The normalized spacial score (nSPS) is 19.4. The quantitative estimate of drug-likeness (QED) is 0.845. The number of rotatable bonds is 2. The first-order valence-electron chi connectivity index (χ1n) is 5.23. The molecule has 2 aromatic heterocycles. The molecule has 0 aliphatic heterocycles. The molecule has 0 radical (unpaired) electrons. The van der Waals surface area contributed by atoms with Crippen molar-refractivity contribution in [1.82, 2.24) is 20.2 Å². The predicted molar refractivity (Wildman–Crippen MR) is 58.8 cm³/mol. The van der Waals surface area contributed by atoms with Crippen LogP contribution in [0.2, 0.25) is 0 Å². The highest BCUT2D eigenvalue weighted by Crippen LogP contribution is 2.40. The average Bonchev–Trinajstić information content (AvgIpc) is 2.93. The molecule has 1 aliphatic carbocycles. The smallest absolute Gasteiger partial charge is 0.184 e. The molecule has 3 rings (SSSR count). The van der Waals surface area contributed by atoms with Crippen molar-refractivity contribution in [3.8, 4) is 10.8 Å². The van der Waals surface area contributed by atoms with Gasteiger partial charge in [-0.1, -0.05) is 6.92 Å². The molecule has 0 amide bonds. The highest BCUT2D eigenvalue weighted by Gasteiger charge is 2.26. The van der Waals surface area contributed by atoms with Gasteiger partial charge in [0.1, 0.15) is 6.33 Å². The van der Waals surface area contributed by atoms with Crippen LogP contribution >= 0.6 is 11.3 Å². The molecule has 2 aromatic rings. The Morgan fingerprint density at radius 1 is 1.60 bits per heavy atom. The molecule has 1 unspecified atom stereocenters. The number of thiazole rings is 1. The Morgan fingerprint density at radius 3 is 3.27 bits per heavy atom. The van der Waals surface area contributed by atoms with E-state index < -0.39 is 0 Å². The SMILES string of the molecule is CCC1CCc2sc(-c3ncn[nH]3)nc21. The van der Waals surface area contributed by atoms with E-state index in [2.05, 4.69) is 27.1 Å². The molecule has 0 bridgehead atoms. The van der Waals surface area contributed by atoms with Crippen LogP contribution in [0.25, 0.3) is 10.8 Å². The molecule has 4 nitrogen and oxygen atoms in total. The molecule has 2 heterocycles. The second kappa shape index (κ2) is 3.41. The first-order valence-corrected chi connectivity index (χ1v) is 6.05. The zero-order valence-electron chi connectivity index (χ0n) is 8.53. The summed E-state index contributed by atoms with van der Waals surface area (Å²) in [5.74, 6) is 1.46. The monoisotopic (exact) mass is 220 g/mol. The molecule has 0 aromatic carbocycles. The zero-order valence-corrected chi connectivity index (χ0v) is 9.34. The zero-order chi connectivity index (χ0) is 10.3. The summed E-state index contributed by atoms with van der Waals surface area (Å²) < 4.78 is 0. The van der Waals surface area contributed by atoms with Gasteiger partial charge in [0.15, 0.2) is 10.8 Å². The summed E-state index contributed by atoms with van der Waals surface area (Å²) in [7, 11) is 0. The number of aryl methyl sites for hydroxylation is 1. The molecule has 0 saturated carbocycles. The topological polar surface area (TPSA) is 54.5 Å². The van der Waals surface area contributed by atoms with Crippen molar-refractivity contribution in [2.24, 2.45) is 0 Å². The van der Waals surface area contributed by atoms with Crippen molar-refractivity contribution in [1.29, 1.82) is 0 Å². The van der Waals surface area contributed by atoms with E-state index in [1.54, 1.807) is 11.3 Å². The molecule has 0 saturated heterocycles. The van der Waals surface area contributed by atoms with E-state index >= 15 is 0 Å². The summed E-state index contributed by atoms with van der Waals surface area (Å²) in [6, 6.07) is 0. The number of nitrogens with one attached hydrogen (secondary N) is 1. The van der Waals surface area contributed by atoms with Crippen molar-refractivity contribution < 1.29 is 0 Å². The van der Waals surface area contributed by atoms with Crippen molar-refractivity contribution in [3.05, 3.63) is 16.9 Å². The van der Waals surface area contributed by atoms with Crippen LogP contribution < -0.4 is 0 Å². The largest absolute Gasteiger partial charge is 0.257 e. The molecule has 15 heavy (non-hydrogen) atoms. The maximum atomic E-state index is 4.67. The fourth-order valence-corrected chi connectivity index (χ4v) is 3.22. The summed E-state index contributed by atoms with van der Waals surface area (Å²) in [6.45, 7) is 2.23. The number of hydrogen-bond acceptors (Lipinski definition) is 4. The van der Waals surface area contributed by atoms with Gasteiger partial charge in [-0.15, -0.1) is 11.3 Å². The van der Waals surface area contributed by atoms with Crippen LogP contribution in [0.1, 0.15) is 36.3 Å². The maximum Gasteiger partial charge on any atom is 0.184 e. The average molecular weight is 220 g/mol. The minimum Gasteiger partial charge on any atom is -0.257 e. The van der Waals surface area contributed by atoms with Crippen molar-refractivity contribution in [3.63, 3.8) is 0 Å². The van der Waals surface area contributed by atoms with Gasteiger partial charge in [-0.3, -0.25) is 5.10 Å². The predicted octanol–water partition coefficient (Wildman–Crippen LogP) is 2.37. The fraction of sp³-hybridized carbons (Fsp3) is 0.500. The van der Waals surface area contributed by atoms with Gasteiger partial charge in [-0.05, 0) is 19.3 Å². The van der Waals surface area contributed by atoms with Crippen molar-refractivity contribution in [2.45, 2.75) is 32.1 Å². The minimum absolute atomic E-state index is 0.660. The summed E-state index contributed by atoms with van der Waals surface area (Å²) in [6.07, 6.45) is 5.16. The Hall–Kier alpha value is -1.23. The van der Waals surface area contributed by atoms with Crippen LogP contribution in [0.5, 0.6) is 0 Å². The van der Waals surface area contributed by atoms with Gasteiger partial charge in [0, 0.05) is 10.8 Å². The highest BCUT2D eigenvalue weighted by molar-refractivity contribution is 7.15. The Kier molecular flexibility index (Phi) is 2.05. The lowest BCUT2D eigenvalue weighted by Gasteiger charge is -2.02. The Balaban J connectivity index is 2.01. The lowest BCUT2D eigenvalue weighted by molar-refractivity contribution is 0.643. The van der Waals surface area contributed by atoms with Gasteiger partial charge in [-0.25, -0.2) is 9.97 Å². The summed E-state index contributed by atoms with van der Waals surface area (Å²) in [4.78, 5) is 10.2. The van der Waals surface area contributed by atoms with Crippen LogP contribution in [0, 0.1) is 0 Å². The van der Waals surface area contributed by atoms with Crippen LogP contribution in [-0.4, -0.2) is 20.2 Å². The number of aromatic amines is 1. The van der Waals surface area contributed by atoms with Gasteiger partial charge in [0.25, 0.3) is 0 Å². The van der Waals surface area contributed by atoms with Gasteiger partial charge in [-0.2, -0.15) is 5.10 Å². The van der Waals surface area contributed by atoms with Crippen LogP contribution in [-0.2, 0) is 6.42 Å². The fourth-order valence-electron chi connectivity index (χ4n) is 2.11. The standard InChI is InChI=1S/C10H12N4S/c1-2-6-3-4-7-8(6)13-10(15-7)9-11-5-12-14-9/h5-6H,2-4H2,1H3,(H,11,12,14). The molecule has 78 valence electrons. The number of aromatic nitrogens is 4. The summed E-state index contributed by atoms with van der Waals surface area (Å²) in [5.41, 5.74) is 1.30. The van der Waals surface area contributed by atoms with Crippen LogP contribution in [0.3, 0.4) is 0 Å². The Morgan fingerprint density at radius 2 is 2.53 bits per heavy atom. The molecule has 0 spiro atoms. The van der Waals surface area contributed by atoms with E-state index in [9.17, 15) is 0 Å². The molecule has 0 fully saturated rings. The minimum atomic E-state index is 0.660. The number of H-pyrrole nitrogens is 1. The molecule has 1 N–H and O–H groups in total. The number of fused-ring (bicyclic) bond motifs is 1. The highest BCUT2D eigenvalue weighted by atomic mass is 32.1. The first-order chi connectivity index (χ1) is 7.38.